The zero-order valence-electron chi connectivity index (χ0n) is 12.4. The third kappa shape index (κ3) is 2.65. The minimum atomic E-state index is -0.0927. The summed E-state index contributed by atoms with van der Waals surface area (Å²) in [6.45, 7) is 10.8. The topological polar surface area (TPSA) is 29.5 Å². The van der Waals surface area contributed by atoms with E-state index in [0.717, 1.165) is 31.6 Å². The van der Waals surface area contributed by atoms with Gasteiger partial charge in [-0.2, -0.15) is 0 Å². The highest BCUT2D eigenvalue weighted by Gasteiger charge is 2.46. The number of amides is 1. The van der Waals surface area contributed by atoms with Crippen molar-refractivity contribution in [3.05, 3.63) is 0 Å². The summed E-state index contributed by atoms with van der Waals surface area (Å²) in [5.41, 5.74) is 0.356. The Balaban J connectivity index is 2.04. The molecule has 0 spiro atoms. The number of ether oxygens (including phenoxy) is 1. The first kappa shape index (κ1) is 13.7. The summed E-state index contributed by atoms with van der Waals surface area (Å²) in [6.07, 6.45) is 4.50. The monoisotopic (exact) mass is 253 g/mol. The summed E-state index contributed by atoms with van der Waals surface area (Å²) in [5, 5.41) is 0. The fraction of sp³-hybridized carbons (Fsp3) is 0.933. The molecule has 2 saturated heterocycles. The van der Waals surface area contributed by atoms with Crippen LogP contribution in [0.25, 0.3) is 0 Å². The highest BCUT2D eigenvalue weighted by Crippen LogP contribution is 2.45. The Morgan fingerprint density at radius 3 is 2.06 bits per heavy atom. The van der Waals surface area contributed by atoms with Crippen molar-refractivity contribution in [3.8, 4) is 0 Å². The number of fused-ring (bicyclic) bond motifs is 2. The van der Waals surface area contributed by atoms with Crippen LogP contribution in [0.1, 0.15) is 60.3 Å². The molecule has 0 aromatic carbocycles. The van der Waals surface area contributed by atoms with Gasteiger partial charge in [0.2, 0.25) is 0 Å². The zero-order chi connectivity index (χ0) is 13.5. The molecule has 2 atom stereocenters. The Bertz CT molecular complexity index is 305. The third-order valence-corrected chi connectivity index (χ3v) is 4.51. The number of carbonyl (C=O) groups excluding carboxylic acids is 1. The van der Waals surface area contributed by atoms with E-state index in [1.165, 1.54) is 0 Å². The molecule has 2 rings (SSSR count). The molecule has 1 amide bonds. The molecule has 2 bridgehead atoms. The van der Waals surface area contributed by atoms with Crippen molar-refractivity contribution in [2.24, 2.45) is 11.3 Å². The van der Waals surface area contributed by atoms with E-state index in [4.69, 9.17) is 4.74 Å². The van der Waals surface area contributed by atoms with Crippen LogP contribution in [0.2, 0.25) is 0 Å². The summed E-state index contributed by atoms with van der Waals surface area (Å²) in [6, 6.07) is 0.832. The molecule has 0 saturated carbocycles. The number of carbonyl (C=O) groups is 1. The first-order valence-corrected chi connectivity index (χ1v) is 7.28. The van der Waals surface area contributed by atoms with Gasteiger partial charge < -0.3 is 9.64 Å². The predicted molar refractivity (Wildman–Crippen MR) is 72.4 cm³/mol. The van der Waals surface area contributed by atoms with Gasteiger partial charge >= 0.3 is 6.09 Å². The van der Waals surface area contributed by atoms with Gasteiger partial charge in [0.15, 0.2) is 0 Å². The van der Waals surface area contributed by atoms with Crippen molar-refractivity contribution in [1.29, 1.82) is 0 Å². The van der Waals surface area contributed by atoms with E-state index in [1.54, 1.807) is 0 Å². The molecular weight excluding hydrogens is 226 g/mol. The summed E-state index contributed by atoms with van der Waals surface area (Å²) in [5.74, 6) is 0.734. The second-order valence-electron chi connectivity index (χ2n) is 7.26. The van der Waals surface area contributed by atoms with Crippen molar-refractivity contribution >= 4 is 6.09 Å². The minimum absolute atomic E-state index is 0.0164. The van der Waals surface area contributed by atoms with E-state index in [2.05, 4.69) is 20.8 Å². The van der Waals surface area contributed by atoms with E-state index in [9.17, 15) is 4.79 Å². The standard InChI is InChI=1S/C15H27NO2/c1-10(2)18-14(17)16-12-6-7-13(16)9-11(8-12)15(3,4)5/h10-13H,6-9H2,1-5H3. The van der Waals surface area contributed by atoms with Crippen LogP contribution < -0.4 is 0 Å². The molecule has 0 N–H and O–H groups in total. The van der Waals surface area contributed by atoms with Crippen molar-refractivity contribution in [2.75, 3.05) is 0 Å². The molecule has 3 heteroatoms. The van der Waals surface area contributed by atoms with Gasteiger partial charge in [0.1, 0.15) is 0 Å². The van der Waals surface area contributed by atoms with Gasteiger partial charge in [-0.05, 0) is 50.9 Å². The lowest BCUT2D eigenvalue weighted by Crippen LogP contribution is -2.49. The Labute approximate surface area is 111 Å². The van der Waals surface area contributed by atoms with Gasteiger partial charge in [0.05, 0.1) is 6.10 Å². The molecule has 2 heterocycles. The molecule has 0 aromatic heterocycles. The molecule has 3 nitrogen and oxygen atoms in total. The van der Waals surface area contributed by atoms with E-state index < -0.39 is 0 Å². The quantitative estimate of drug-likeness (QED) is 0.711. The molecule has 0 aliphatic carbocycles. The molecule has 2 fully saturated rings. The maximum atomic E-state index is 12.1. The third-order valence-electron chi connectivity index (χ3n) is 4.51. The van der Waals surface area contributed by atoms with Crippen LogP contribution in [0.5, 0.6) is 0 Å². The number of rotatable bonds is 1. The lowest BCUT2D eigenvalue weighted by molar-refractivity contribution is 0.0232. The molecule has 2 unspecified atom stereocenters. The van der Waals surface area contributed by atoms with Crippen LogP contribution in [-0.4, -0.2) is 29.2 Å². The molecule has 18 heavy (non-hydrogen) atoms. The van der Waals surface area contributed by atoms with Gasteiger partial charge in [0, 0.05) is 12.1 Å². The van der Waals surface area contributed by atoms with Crippen LogP contribution in [0.3, 0.4) is 0 Å². The second kappa shape index (κ2) is 4.75. The summed E-state index contributed by atoms with van der Waals surface area (Å²) >= 11 is 0. The maximum Gasteiger partial charge on any atom is 0.410 e. The molecular formula is C15H27NO2. The van der Waals surface area contributed by atoms with Crippen LogP contribution in [0.4, 0.5) is 4.79 Å². The normalized spacial score (nSPS) is 31.9. The first-order chi connectivity index (χ1) is 8.29. The molecule has 0 radical (unpaired) electrons. The number of hydrogen-bond acceptors (Lipinski definition) is 2. The van der Waals surface area contributed by atoms with Crippen molar-refractivity contribution in [3.63, 3.8) is 0 Å². The Morgan fingerprint density at radius 1 is 1.17 bits per heavy atom. The fourth-order valence-corrected chi connectivity index (χ4v) is 3.44. The van der Waals surface area contributed by atoms with Gasteiger partial charge in [-0.15, -0.1) is 0 Å². The van der Waals surface area contributed by atoms with Gasteiger partial charge in [0.25, 0.3) is 0 Å². The summed E-state index contributed by atoms with van der Waals surface area (Å²) in [4.78, 5) is 14.2. The Hall–Kier alpha value is -0.730. The van der Waals surface area contributed by atoms with Crippen molar-refractivity contribution in [1.82, 2.24) is 4.90 Å². The lowest BCUT2D eigenvalue weighted by Gasteiger charge is -2.43. The second-order valence-corrected chi connectivity index (χ2v) is 7.26. The van der Waals surface area contributed by atoms with E-state index >= 15 is 0 Å². The highest BCUT2D eigenvalue weighted by molar-refractivity contribution is 5.69. The fourth-order valence-electron chi connectivity index (χ4n) is 3.44. The van der Waals surface area contributed by atoms with Crippen LogP contribution in [0.15, 0.2) is 0 Å². The maximum absolute atomic E-state index is 12.1. The molecule has 0 aromatic rings. The van der Waals surface area contributed by atoms with Crippen LogP contribution >= 0.6 is 0 Å². The van der Waals surface area contributed by atoms with Crippen molar-refractivity contribution in [2.45, 2.75) is 78.5 Å². The average molecular weight is 253 g/mol. The van der Waals surface area contributed by atoms with E-state index in [1.807, 2.05) is 18.7 Å². The first-order valence-electron chi connectivity index (χ1n) is 7.28. The number of piperidine rings is 1. The smallest absolute Gasteiger partial charge is 0.410 e. The van der Waals surface area contributed by atoms with Gasteiger partial charge in [-0.1, -0.05) is 20.8 Å². The largest absolute Gasteiger partial charge is 0.447 e. The average Bonchev–Trinajstić information content (AvgIpc) is 2.47. The molecule has 104 valence electrons. The summed E-state index contributed by atoms with van der Waals surface area (Å²) < 4.78 is 5.38. The number of nitrogens with zero attached hydrogens (tertiary/aromatic N) is 1. The van der Waals surface area contributed by atoms with Crippen LogP contribution in [-0.2, 0) is 4.74 Å². The van der Waals surface area contributed by atoms with E-state index in [-0.39, 0.29) is 12.2 Å². The van der Waals surface area contributed by atoms with E-state index in [0.29, 0.717) is 17.5 Å². The SMILES string of the molecule is CC(C)OC(=O)N1C2CCC1CC(C(C)(C)C)C2. The Kier molecular flexibility index (Phi) is 3.61. The Morgan fingerprint density at radius 2 is 1.67 bits per heavy atom. The van der Waals surface area contributed by atoms with Crippen molar-refractivity contribution < 1.29 is 9.53 Å². The zero-order valence-corrected chi connectivity index (χ0v) is 12.4. The van der Waals surface area contributed by atoms with Gasteiger partial charge in [-0.3, -0.25) is 0 Å². The minimum Gasteiger partial charge on any atom is -0.447 e. The predicted octanol–water partition coefficient (Wildman–Crippen LogP) is 3.82. The lowest BCUT2D eigenvalue weighted by atomic mass is 9.73. The van der Waals surface area contributed by atoms with Crippen LogP contribution in [0, 0.1) is 11.3 Å². The molecule has 2 aliphatic rings. The summed E-state index contributed by atoms with van der Waals surface area (Å²) in [7, 11) is 0. The van der Waals surface area contributed by atoms with Gasteiger partial charge in [-0.25, -0.2) is 4.79 Å². The number of hydrogen-bond donors (Lipinski definition) is 0. The molecule has 2 aliphatic heterocycles. The highest BCUT2D eigenvalue weighted by atomic mass is 16.6.